The van der Waals surface area contributed by atoms with Crippen molar-refractivity contribution >= 4 is 43.6 Å². The molecule has 21 heteroatoms. The highest BCUT2D eigenvalue weighted by Crippen LogP contribution is 2.43. The summed E-state index contributed by atoms with van der Waals surface area (Å²) in [5.74, 6) is 40.9. The summed E-state index contributed by atoms with van der Waals surface area (Å²) >= 11 is 0. The molecule has 20 nitrogen and oxygen atoms in total. The lowest BCUT2D eigenvalue weighted by atomic mass is 10.3. The predicted octanol–water partition coefficient (Wildman–Crippen LogP) is -2.76. The number of aliphatic carboxylic acids is 3. The summed E-state index contributed by atoms with van der Waals surface area (Å²) in [4.78, 5) is 88.7. The minimum atomic E-state index is -4.90. The molecule has 344 valence electrons. The van der Waals surface area contributed by atoms with Crippen LogP contribution in [0.25, 0.3) is 0 Å². The SMILES string of the molecule is CC#CC#CC#CC#CC#CC(=O)OCC(COP(=O)(O)OCCNC(=O)CN1CCN(CC(=O)O)CCN(CC(=O)O)CCN(CC(=O)O)CC1)OC(=O)C#CC#CC#CC#CC#CC. The summed E-state index contributed by atoms with van der Waals surface area (Å²) in [6.07, 6.45) is -1.52. The maximum Gasteiger partial charge on any atom is 0.472 e. The third kappa shape index (κ3) is 32.1. The van der Waals surface area contributed by atoms with E-state index in [9.17, 15) is 53.5 Å². The first-order chi connectivity index (χ1) is 31.6. The number of rotatable bonds is 18. The van der Waals surface area contributed by atoms with E-state index in [1.807, 2.05) is 5.92 Å². The number of carbonyl (C=O) groups is 6. The third-order valence-corrected chi connectivity index (χ3v) is 8.59. The van der Waals surface area contributed by atoms with Gasteiger partial charge in [-0.2, -0.15) is 0 Å². The minimum Gasteiger partial charge on any atom is -0.480 e. The molecular weight excluding hydrogens is 881 g/mol. The monoisotopic (exact) mass is 925 g/mol. The zero-order chi connectivity index (χ0) is 48.8. The largest absolute Gasteiger partial charge is 0.480 e. The van der Waals surface area contributed by atoms with Crippen molar-refractivity contribution < 1.29 is 72.1 Å². The summed E-state index contributed by atoms with van der Waals surface area (Å²) in [5, 5.41) is 30.7. The van der Waals surface area contributed by atoms with Crippen LogP contribution in [0.3, 0.4) is 0 Å². The highest BCUT2D eigenvalue weighted by Gasteiger charge is 2.26. The van der Waals surface area contributed by atoms with Gasteiger partial charge in [-0.25, -0.2) is 14.2 Å². The first-order valence-corrected chi connectivity index (χ1v) is 20.8. The van der Waals surface area contributed by atoms with Gasteiger partial charge in [-0.05, 0) is 109 Å². The Balaban J connectivity index is 2.94. The molecule has 66 heavy (non-hydrogen) atoms. The van der Waals surface area contributed by atoms with Gasteiger partial charge in [-0.15, -0.1) is 0 Å². The van der Waals surface area contributed by atoms with Gasteiger partial charge < -0.3 is 35.0 Å². The van der Waals surface area contributed by atoms with E-state index in [2.05, 4.69) is 118 Å². The average Bonchev–Trinajstić information content (AvgIpc) is 3.25. The number of carboxylic acids is 3. The fourth-order valence-corrected chi connectivity index (χ4v) is 5.53. The minimum absolute atomic E-state index is 0.176. The quantitative estimate of drug-likeness (QED) is 0.0307. The number of carbonyl (C=O) groups excluding carboxylic acids is 3. The fourth-order valence-electron chi connectivity index (χ4n) is 4.78. The fraction of sp³-hybridized carbons (Fsp3) is 0.422. The standard InChI is InChI=1S/C45H44N5O15P/c1-3-5-7-9-11-13-15-17-19-21-44(58)62-37-39(65-45(59)22-20-18-16-14-12-10-8-6-4-2)38-64-66(60,61)63-32-23-46-40(51)33-47-24-26-48(34-41(52)53)28-30-50(36-43(56)57)31-29-49(27-25-47)35-42(54)55/h39H,23-38H2,1-2H3,(H,46,51)(H,52,53)(H,54,55)(H,56,57)(H,60,61). The summed E-state index contributed by atoms with van der Waals surface area (Å²) < 4.78 is 32.6. The molecule has 5 N–H and O–H groups in total. The predicted molar refractivity (Wildman–Crippen MR) is 233 cm³/mol. The van der Waals surface area contributed by atoms with Crippen LogP contribution in [0.4, 0.5) is 0 Å². The van der Waals surface area contributed by atoms with Gasteiger partial charge in [0.25, 0.3) is 0 Å². The average molecular weight is 926 g/mol. The zero-order valence-corrected chi connectivity index (χ0v) is 36.8. The Morgan fingerprint density at radius 2 is 0.894 bits per heavy atom. The van der Waals surface area contributed by atoms with Crippen LogP contribution >= 0.6 is 7.82 Å². The van der Waals surface area contributed by atoms with E-state index in [4.69, 9.17) is 18.5 Å². The highest BCUT2D eigenvalue weighted by atomic mass is 31.2. The number of hydrogen-bond donors (Lipinski definition) is 5. The topological polar surface area (TPSA) is 262 Å². The molecule has 0 saturated carbocycles. The number of ether oxygens (including phenoxy) is 2. The molecule has 2 atom stereocenters. The van der Waals surface area contributed by atoms with Gasteiger partial charge in [-0.1, -0.05) is 11.8 Å². The Morgan fingerprint density at radius 3 is 1.29 bits per heavy atom. The second-order valence-corrected chi connectivity index (χ2v) is 14.1. The van der Waals surface area contributed by atoms with Crippen LogP contribution in [0.15, 0.2) is 0 Å². The van der Waals surface area contributed by atoms with Crippen LogP contribution in [0, 0.1) is 118 Å². The molecular formula is C45H44N5O15P. The van der Waals surface area contributed by atoms with Crippen LogP contribution in [0.2, 0.25) is 0 Å². The number of esters is 2. The van der Waals surface area contributed by atoms with Crippen LogP contribution in [-0.2, 0) is 51.9 Å². The van der Waals surface area contributed by atoms with Gasteiger partial charge >= 0.3 is 37.7 Å². The summed E-state index contributed by atoms with van der Waals surface area (Å²) in [5.41, 5.74) is 0. The van der Waals surface area contributed by atoms with Gasteiger partial charge in [0.15, 0.2) is 6.10 Å². The van der Waals surface area contributed by atoms with E-state index in [1.54, 1.807) is 33.4 Å². The number of nitrogens with one attached hydrogen (secondary N) is 1. The van der Waals surface area contributed by atoms with Crippen molar-refractivity contribution in [2.75, 3.05) is 105 Å². The first kappa shape index (κ1) is 56.4. The van der Waals surface area contributed by atoms with Gasteiger partial charge in [0, 0.05) is 70.7 Å². The van der Waals surface area contributed by atoms with Gasteiger partial charge in [0.2, 0.25) is 5.91 Å². The van der Waals surface area contributed by atoms with Gasteiger partial charge in [0.05, 0.1) is 39.4 Å². The molecule has 1 saturated heterocycles. The van der Waals surface area contributed by atoms with Crippen molar-refractivity contribution in [3.63, 3.8) is 0 Å². The van der Waals surface area contributed by atoms with Crippen molar-refractivity contribution in [1.82, 2.24) is 24.9 Å². The number of phosphoric acid groups is 1. The summed E-state index contributed by atoms with van der Waals surface area (Å²) in [6.45, 7) is 1.03. The molecule has 0 bridgehead atoms. The Morgan fingerprint density at radius 1 is 0.530 bits per heavy atom. The molecule has 0 spiro atoms. The smallest absolute Gasteiger partial charge is 0.472 e. The number of amides is 1. The highest BCUT2D eigenvalue weighted by molar-refractivity contribution is 7.47. The number of phosphoric ester groups is 1. The Kier molecular flexibility index (Phi) is 29.7. The molecule has 1 heterocycles. The number of carboxylic acid groups (broad SMARTS) is 3. The van der Waals surface area contributed by atoms with Crippen molar-refractivity contribution in [1.29, 1.82) is 0 Å². The van der Waals surface area contributed by atoms with Gasteiger partial charge in [-0.3, -0.25) is 47.8 Å². The second kappa shape index (κ2) is 34.8. The Bertz CT molecular complexity index is 2430. The molecule has 0 radical (unpaired) electrons. The Labute approximate surface area is 383 Å². The molecule has 1 rings (SSSR count). The molecule has 1 fully saturated rings. The molecule has 0 aromatic carbocycles. The number of nitrogens with zero attached hydrogens (tertiary/aromatic N) is 4. The molecule has 2 unspecified atom stereocenters. The van der Waals surface area contributed by atoms with E-state index < -0.39 is 69.5 Å². The molecule has 1 amide bonds. The zero-order valence-electron chi connectivity index (χ0n) is 35.9. The van der Waals surface area contributed by atoms with E-state index in [0.29, 0.717) is 0 Å². The van der Waals surface area contributed by atoms with Gasteiger partial charge in [0.1, 0.15) is 6.61 Å². The number of hydrogen-bond acceptors (Lipinski definition) is 15. The third-order valence-electron chi connectivity index (χ3n) is 7.60. The van der Waals surface area contributed by atoms with Crippen molar-refractivity contribution in [2.45, 2.75) is 20.0 Å². The van der Waals surface area contributed by atoms with Crippen LogP contribution < -0.4 is 5.32 Å². The lowest BCUT2D eigenvalue weighted by molar-refractivity contribution is -0.153. The maximum absolute atomic E-state index is 12.9. The van der Waals surface area contributed by atoms with Crippen molar-refractivity contribution in [3.8, 4) is 118 Å². The second-order valence-electron chi connectivity index (χ2n) is 12.6. The molecule has 1 aliphatic heterocycles. The molecule has 0 aliphatic carbocycles. The van der Waals surface area contributed by atoms with E-state index in [0.717, 1.165) is 0 Å². The molecule has 1 aliphatic rings. The van der Waals surface area contributed by atoms with Crippen LogP contribution in [0.1, 0.15) is 13.8 Å². The van der Waals surface area contributed by atoms with E-state index in [1.165, 1.54) is 0 Å². The van der Waals surface area contributed by atoms with Crippen molar-refractivity contribution in [3.05, 3.63) is 0 Å². The molecule has 0 aromatic rings. The summed E-state index contributed by atoms with van der Waals surface area (Å²) in [6, 6.07) is 0. The first-order valence-electron chi connectivity index (χ1n) is 19.3. The normalized spacial score (nSPS) is 13.9. The summed E-state index contributed by atoms with van der Waals surface area (Å²) in [7, 11) is -4.90. The van der Waals surface area contributed by atoms with Crippen LogP contribution in [0.5, 0.6) is 0 Å². The van der Waals surface area contributed by atoms with E-state index in [-0.39, 0.29) is 85.1 Å². The van der Waals surface area contributed by atoms with Crippen LogP contribution in [-0.4, -0.2) is 187 Å². The van der Waals surface area contributed by atoms with E-state index >= 15 is 0 Å². The van der Waals surface area contributed by atoms with Crippen molar-refractivity contribution in [2.24, 2.45) is 0 Å². The molecule has 0 aromatic heterocycles. The Hall–Kier alpha value is -7.63. The maximum atomic E-state index is 12.9. The lowest BCUT2D eigenvalue weighted by Crippen LogP contribution is -2.50. The lowest BCUT2D eigenvalue weighted by Gasteiger charge is -2.32.